The van der Waals surface area contributed by atoms with E-state index in [0.717, 1.165) is 17.9 Å². The Morgan fingerprint density at radius 3 is 2.86 bits per heavy atom. The number of fused-ring (bicyclic) bond motifs is 1. The number of hydrogen-bond donors (Lipinski definition) is 1. The Bertz CT molecular complexity index is 633. The molecule has 21 heavy (non-hydrogen) atoms. The van der Waals surface area contributed by atoms with Crippen LogP contribution in [0.1, 0.15) is 32.3 Å². The summed E-state index contributed by atoms with van der Waals surface area (Å²) in [5.74, 6) is 1.01. The van der Waals surface area contributed by atoms with Crippen LogP contribution in [0.15, 0.2) is 30.3 Å². The van der Waals surface area contributed by atoms with E-state index in [1.165, 1.54) is 36.9 Å². The molecule has 3 nitrogen and oxygen atoms in total. The Morgan fingerprint density at radius 2 is 2.10 bits per heavy atom. The van der Waals surface area contributed by atoms with Gasteiger partial charge < -0.3 is 5.32 Å². The molecule has 1 aliphatic heterocycles. The highest BCUT2D eigenvalue weighted by molar-refractivity contribution is 5.81. The zero-order chi connectivity index (χ0) is 14.9. The molecule has 0 aliphatic carbocycles. The number of benzene rings is 1. The number of likely N-dealkylation sites (tertiary alicyclic amines) is 1. The summed E-state index contributed by atoms with van der Waals surface area (Å²) in [4.78, 5) is 7.32. The van der Waals surface area contributed by atoms with E-state index in [1.807, 2.05) is 13.1 Å². The van der Waals surface area contributed by atoms with E-state index < -0.39 is 0 Å². The molecule has 1 aromatic carbocycles. The predicted octanol–water partition coefficient (Wildman–Crippen LogP) is 3.90. The first-order valence-electron chi connectivity index (χ1n) is 7.86. The van der Waals surface area contributed by atoms with Crippen molar-refractivity contribution in [2.75, 3.05) is 25.5 Å². The number of para-hydroxylation sites is 1. The molecule has 2 aromatic rings. The van der Waals surface area contributed by atoms with Gasteiger partial charge in [-0.2, -0.15) is 0 Å². The van der Waals surface area contributed by atoms with E-state index in [9.17, 15) is 0 Å². The topological polar surface area (TPSA) is 28.2 Å². The lowest BCUT2D eigenvalue weighted by Gasteiger charge is -2.38. The van der Waals surface area contributed by atoms with Crippen molar-refractivity contribution in [2.24, 2.45) is 5.41 Å². The number of anilines is 1. The molecular weight excluding hydrogens is 258 g/mol. The van der Waals surface area contributed by atoms with E-state index in [4.69, 9.17) is 4.98 Å². The van der Waals surface area contributed by atoms with Gasteiger partial charge in [0.15, 0.2) is 0 Å². The number of nitrogens with zero attached hydrogens (tertiary/aromatic N) is 2. The fourth-order valence-electron chi connectivity index (χ4n) is 3.42. The molecule has 0 atom stereocenters. The van der Waals surface area contributed by atoms with Crippen LogP contribution in [-0.4, -0.2) is 30.0 Å². The highest BCUT2D eigenvalue weighted by Gasteiger charge is 2.26. The van der Waals surface area contributed by atoms with Crippen molar-refractivity contribution in [2.45, 2.75) is 33.2 Å². The van der Waals surface area contributed by atoms with Gasteiger partial charge in [0, 0.05) is 31.1 Å². The first-order valence-corrected chi connectivity index (χ1v) is 7.86. The van der Waals surface area contributed by atoms with Crippen LogP contribution in [-0.2, 0) is 6.54 Å². The number of hydrogen-bond acceptors (Lipinski definition) is 3. The lowest BCUT2D eigenvalue weighted by molar-refractivity contribution is 0.112. The van der Waals surface area contributed by atoms with Crippen LogP contribution in [0.2, 0.25) is 0 Å². The summed E-state index contributed by atoms with van der Waals surface area (Å²) in [7, 11) is 1.96. The third-order valence-corrected chi connectivity index (χ3v) is 4.41. The van der Waals surface area contributed by atoms with Crippen LogP contribution in [0.3, 0.4) is 0 Å². The lowest BCUT2D eigenvalue weighted by Crippen LogP contribution is -2.39. The molecule has 0 radical (unpaired) electrons. The van der Waals surface area contributed by atoms with Gasteiger partial charge >= 0.3 is 0 Å². The van der Waals surface area contributed by atoms with E-state index in [1.54, 1.807) is 0 Å². The maximum atomic E-state index is 4.76. The van der Waals surface area contributed by atoms with Gasteiger partial charge in [-0.1, -0.05) is 32.0 Å². The Labute approximate surface area is 127 Å². The number of piperidine rings is 1. The number of pyridine rings is 1. The smallest absolute Gasteiger partial charge is 0.130 e. The highest BCUT2D eigenvalue weighted by Crippen LogP contribution is 2.30. The first kappa shape index (κ1) is 14.3. The molecule has 0 bridgehead atoms. The van der Waals surface area contributed by atoms with Crippen LogP contribution in [0.25, 0.3) is 10.9 Å². The van der Waals surface area contributed by atoms with Gasteiger partial charge in [-0.15, -0.1) is 0 Å². The summed E-state index contributed by atoms with van der Waals surface area (Å²) in [6.07, 6.45) is 2.63. The molecule has 3 heteroatoms. The van der Waals surface area contributed by atoms with Gasteiger partial charge in [-0.25, -0.2) is 4.98 Å². The van der Waals surface area contributed by atoms with Gasteiger partial charge in [-0.3, -0.25) is 4.90 Å². The lowest BCUT2D eigenvalue weighted by atomic mass is 9.84. The van der Waals surface area contributed by atoms with Crippen LogP contribution < -0.4 is 5.32 Å². The quantitative estimate of drug-likeness (QED) is 0.926. The fourth-order valence-corrected chi connectivity index (χ4v) is 3.42. The van der Waals surface area contributed by atoms with Gasteiger partial charge in [0.25, 0.3) is 0 Å². The predicted molar refractivity (Wildman–Crippen MR) is 89.6 cm³/mol. The van der Waals surface area contributed by atoms with E-state index in [2.05, 4.69) is 48.3 Å². The standard InChI is InChI=1S/C18H25N3/c1-18(2)9-6-10-21(13-18)12-15-11-14-7-4-5-8-16(14)20-17(15)19-3/h4-5,7-8,11H,6,9-10,12-13H2,1-3H3,(H,19,20). The fraction of sp³-hybridized carbons (Fsp3) is 0.500. The molecular formula is C18H25N3. The average molecular weight is 283 g/mol. The van der Waals surface area contributed by atoms with Crippen molar-refractivity contribution in [3.8, 4) is 0 Å². The minimum Gasteiger partial charge on any atom is -0.373 e. The third kappa shape index (κ3) is 3.18. The molecule has 1 N–H and O–H groups in total. The van der Waals surface area contributed by atoms with E-state index in [0.29, 0.717) is 5.41 Å². The van der Waals surface area contributed by atoms with Gasteiger partial charge in [0.2, 0.25) is 0 Å². The van der Waals surface area contributed by atoms with Crippen molar-refractivity contribution in [1.29, 1.82) is 0 Å². The Hall–Kier alpha value is -1.61. The van der Waals surface area contributed by atoms with Crippen molar-refractivity contribution >= 4 is 16.7 Å². The molecule has 2 heterocycles. The van der Waals surface area contributed by atoms with Gasteiger partial charge in [0.1, 0.15) is 5.82 Å². The second-order valence-electron chi connectivity index (χ2n) is 6.92. The zero-order valence-corrected chi connectivity index (χ0v) is 13.3. The number of nitrogens with one attached hydrogen (secondary N) is 1. The largest absolute Gasteiger partial charge is 0.373 e. The van der Waals surface area contributed by atoms with Crippen molar-refractivity contribution in [1.82, 2.24) is 9.88 Å². The van der Waals surface area contributed by atoms with Crippen molar-refractivity contribution < 1.29 is 0 Å². The highest BCUT2D eigenvalue weighted by atomic mass is 15.1. The van der Waals surface area contributed by atoms with Crippen molar-refractivity contribution in [3.05, 3.63) is 35.9 Å². The van der Waals surface area contributed by atoms with Crippen LogP contribution in [0, 0.1) is 5.41 Å². The molecule has 0 saturated carbocycles. The number of aromatic nitrogens is 1. The average Bonchev–Trinajstić information content (AvgIpc) is 2.45. The normalized spacial score (nSPS) is 18.8. The summed E-state index contributed by atoms with van der Waals surface area (Å²) < 4.78 is 0. The van der Waals surface area contributed by atoms with Crippen LogP contribution in [0.4, 0.5) is 5.82 Å². The molecule has 0 amide bonds. The Kier molecular flexibility index (Phi) is 3.85. The molecule has 3 rings (SSSR count). The Morgan fingerprint density at radius 1 is 1.29 bits per heavy atom. The second-order valence-corrected chi connectivity index (χ2v) is 6.92. The molecule has 112 valence electrons. The first-order chi connectivity index (χ1) is 10.1. The molecule has 1 saturated heterocycles. The minimum absolute atomic E-state index is 0.433. The molecule has 1 aromatic heterocycles. The number of rotatable bonds is 3. The third-order valence-electron chi connectivity index (χ3n) is 4.41. The summed E-state index contributed by atoms with van der Waals surface area (Å²) >= 11 is 0. The zero-order valence-electron chi connectivity index (χ0n) is 13.3. The second kappa shape index (κ2) is 5.64. The summed E-state index contributed by atoms with van der Waals surface area (Å²) in [5, 5.41) is 4.49. The Balaban J connectivity index is 1.88. The molecule has 0 spiro atoms. The maximum absolute atomic E-state index is 4.76. The van der Waals surface area contributed by atoms with Gasteiger partial charge in [-0.05, 0) is 36.9 Å². The SMILES string of the molecule is CNc1nc2ccccc2cc1CN1CCCC(C)(C)C1. The summed E-state index contributed by atoms with van der Waals surface area (Å²) in [5.41, 5.74) is 2.79. The van der Waals surface area contributed by atoms with E-state index >= 15 is 0 Å². The van der Waals surface area contributed by atoms with Crippen LogP contribution >= 0.6 is 0 Å². The van der Waals surface area contributed by atoms with Crippen molar-refractivity contribution in [3.63, 3.8) is 0 Å². The van der Waals surface area contributed by atoms with E-state index in [-0.39, 0.29) is 0 Å². The monoisotopic (exact) mass is 283 g/mol. The molecule has 0 unspecified atom stereocenters. The molecule has 1 fully saturated rings. The summed E-state index contributed by atoms with van der Waals surface area (Å²) in [6.45, 7) is 8.09. The van der Waals surface area contributed by atoms with Gasteiger partial charge in [0.05, 0.1) is 5.52 Å². The summed E-state index contributed by atoms with van der Waals surface area (Å²) in [6, 6.07) is 10.6. The minimum atomic E-state index is 0.433. The maximum Gasteiger partial charge on any atom is 0.130 e. The van der Waals surface area contributed by atoms with Crippen LogP contribution in [0.5, 0.6) is 0 Å². The molecule has 1 aliphatic rings.